The van der Waals surface area contributed by atoms with Crippen molar-refractivity contribution < 1.29 is 18.3 Å². The third-order valence-corrected chi connectivity index (χ3v) is 4.36. The molecule has 2 aromatic heterocycles. The Labute approximate surface area is 163 Å². The van der Waals surface area contributed by atoms with Crippen molar-refractivity contribution in [3.63, 3.8) is 0 Å². The predicted molar refractivity (Wildman–Crippen MR) is 102 cm³/mol. The molecule has 148 valence electrons. The fourth-order valence-corrected chi connectivity index (χ4v) is 3.04. The third kappa shape index (κ3) is 3.66. The number of hydrogen-bond donors (Lipinski definition) is 1. The van der Waals surface area contributed by atoms with Crippen LogP contribution < -0.4 is 15.0 Å². The van der Waals surface area contributed by atoms with Crippen LogP contribution in [0.25, 0.3) is 16.6 Å². The fraction of sp³-hybridized carbons (Fsp3) is 0.150. The standard InChI is InChI=1S/C20H16F2N4O3/c1-28-17-9-15-16(10-18(17)29-2)23-19(24-20(15)27)8-13-3-4-26(25-13)14-6-11(21)5-12(22)7-14/h3-7,9-10H,8H2,1-2H3,(H,23,24,27). The van der Waals surface area contributed by atoms with Gasteiger partial charge in [0.15, 0.2) is 11.5 Å². The Hall–Kier alpha value is -3.75. The second kappa shape index (κ2) is 7.34. The van der Waals surface area contributed by atoms with Gasteiger partial charge in [-0.1, -0.05) is 0 Å². The number of fused-ring (bicyclic) bond motifs is 1. The first-order valence-electron chi connectivity index (χ1n) is 8.63. The number of nitrogens with one attached hydrogen (secondary N) is 1. The Balaban J connectivity index is 1.68. The van der Waals surface area contributed by atoms with Crippen LogP contribution >= 0.6 is 0 Å². The van der Waals surface area contributed by atoms with Crippen LogP contribution in [-0.4, -0.2) is 34.0 Å². The van der Waals surface area contributed by atoms with Crippen LogP contribution in [-0.2, 0) is 6.42 Å². The summed E-state index contributed by atoms with van der Waals surface area (Å²) in [6, 6.07) is 8.02. The van der Waals surface area contributed by atoms with Crippen molar-refractivity contribution in [2.45, 2.75) is 6.42 Å². The quantitative estimate of drug-likeness (QED) is 0.559. The highest BCUT2D eigenvalue weighted by Gasteiger charge is 2.12. The van der Waals surface area contributed by atoms with Gasteiger partial charge in [0.1, 0.15) is 17.5 Å². The molecule has 7 nitrogen and oxygen atoms in total. The van der Waals surface area contributed by atoms with Gasteiger partial charge in [-0.25, -0.2) is 18.4 Å². The predicted octanol–water partition coefficient (Wildman–Crippen LogP) is 3.00. The van der Waals surface area contributed by atoms with Gasteiger partial charge in [-0.15, -0.1) is 0 Å². The lowest BCUT2D eigenvalue weighted by Crippen LogP contribution is -2.13. The van der Waals surface area contributed by atoms with E-state index in [0.29, 0.717) is 33.9 Å². The molecule has 4 rings (SSSR count). The fourth-order valence-electron chi connectivity index (χ4n) is 3.04. The Morgan fingerprint density at radius 1 is 1.03 bits per heavy atom. The maximum absolute atomic E-state index is 13.4. The van der Waals surface area contributed by atoms with Crippen LogP contribution in [0.5, 0.6) is 11.5 Å². The van der Waals surface area contributed by atoms with E-state index in [1.165, 1.54) is 31.0 Å². The number of rotatable bonds is 5. The lowest BCUT2D eigenvalue weighted by molar-refractivity contribution is 0.355. The minimum absolute atomic E-state index is 0.227. The summed E-state index contributed by atoms with van der Waals surface area (Å²) in [7, 11) is 2.99. The number of nitrogens with zero attached hydrogens (tertiary/aromatic N) is 3. The molecule has 0 radical (unpaired) electrons. The van der Waals surface area contributed by atoms with Crippen LogP contribution in [0.4, 0.5) is 8.78 Å². The van der Waals surface area contributed by atoms with Crippen molar-refractivity contribution in [1.82, 2.24) is 19.7 Å². The van der Waals surface area contributed by atoms with E-state index < -0.39 is 11.6 Å². The van der Waals surface area contributed by atoms with Crippen LogP contribution in [0.1, 0.15) is 11.5 Å². The summed E-state index contributed by atoms with van der Waals surface area (Å²) >= 11 is 0. The first-order valence-corrected chi connectivity index (χ1v) is 8.63. The molecule has 0 bridgehead atoms. The maximum atomic E-state index is 13.4. The Morgan fingerprint density at radius 3 is 2.41 bits per heavy atom. The van der Waals surface area contributed by atoms with Gasteiger partial charge >= 0.3 is 0 Å². The summed E-state index contributed by atoms with van der Waals surface area (Å²) in [5, 5.41) is 4.67. The lowest BCUT2D eigenvalue weighted by atomic mass is 10.2. The van der Waals surface area contributed by atoms with Crippen molar-refractivity contribution in [3.8, 4) is 17.2 Å². The van der Waals surface area contributed by atoms with Gasteiger partial charge in [0.05, 0.1) is 42.9 Å². The van der Waals surface area contributed by atoms with Gasteiger partial charge in [0, 0.05) is 18.3 Å². The zero-order valence-electron chi connectivity index (χ0n) is 15.6. The topological polar surface area (TPSA) is 82.0 Å². The zero-order valence-corrected chi connectivity index (χ0v) is 15.6. The molecule has 29 heavy (non-hydrogen) atoms. The molecular formula is C20H16F2N4O3. The molecule has 0 aliphatic heterocycles. The van der Waals surface area contributed by atoms with Crippen LogP contribution in [0.3, 0.4) is 0 Å². The second-order valence-corrected chi connectivity index (χ2v) is 6.29. The molecular weight excluding hydrogens is 382 g/mol. The van der Waals surface area contributed by atoms with Crippen LogP contribution in [0.2, 0.25) is 0 Å². The molecule has 0 aliphatic rings. The first kappa shape index (κ1) is 18.6. The number of hydrogen-bond acceptors (Lipinski definition) is 5. The van der Waals surface area contributed by atoms with Crippen molar-refractivity contribution >= 4 is 10.9 Å². The van der Waals surface area contributed by atoms with Gasteiger partial charge in [0.25, 0.3) is 5.56 Å². The van der Waals surface area contributed by atoms with E-state index >= 15 is 0 Å². The average molecular weight is 398 g/mol. The van der Waals surface area contributed by atoms with Crippen molar-refractivity contribution in [1.29, 1.82) is 0 Å². The summed E-state index contributed by atoms with van der Waals surface area (Å²) in [6.45, 7) is 0. The molecule has 0 aliphatic carbocycles. The number of benzene rings is 2. The van der Waals surface area contributed by atoms with Gasteiger partial charge in [0.2, 0.25) is 0 Å². The normalized spacial score (nSPS) is 11.0. The van der Waals surface area contributed by atoms with Crippen molar-refractivity contribution in [3.05, 3.63) is 76.1 Å². The highest BCUT2D eigenvalue weighted by atomic mass is 19.1. The SMILES string of the molecule is COc1cc2nc(Cc3ccn(-c4cc(F)cc(F)c4)n3)[nH]c(=O)c2cc1OC. The number of aromatic nitrogens is 4. The van der Waals surface area contributed by atoms with Crippen LogP contribution in [0, 0.1) is 11.6 Å². The smallest absolute Gasteiger partial charge is 0.258 e. The zero-order chi connectivity index (χ0) is 20.5. The van der Waals surface area contributed by atoms with E-state index in [0.717, 1.165) is 6.07 Å². The average Bonchev–Trinajstić information content (AvgIpc) is 3.15. The number of ether oxygens (including phenoxy) is 2. The molecule has 0 spiro atoms. The molecule has 1 N–H and O–H groups in total. The van der Waals surface area contributed by atoms with E-state index in [1.54, 1.807) is 24.4 Å². The number of methoxy groups -OCH3 is 2. The number of aromatic amines is 1. The minimum atomic E-state index is -0.693. The molecule has 2 heterocycles. The molecule has 0 saturated carbocycles. The van der Waals surface area contributed by atoms with E-state index in [1.807, 2.05) is 0 Å². The second-order valence-electron chi connectivity index (χ2n) is 6.29. The highest BCUT2D eigenvalue weighted by Crippen LogP contribution is 2.30. The Kier molecular flexibility index (Phi) is 4.71. The summed E-state index contributed by atoms with van der Waals surface area (Å²) < 4.78 is 38.7. The third-order valence-electron chi connectivity index (χ3n) is 4.36. The van der Waals surface area contributed by atoms with Crippen molar-refractivity contribution in [2.75, 3.05) is 14.2 Å². The molecule has 9 heteroatoms. The minimum Gasteiger partial charge on any atom is -0.493 e. The summed E-state index contributed by atoms with van der Waals surface area (Å²) in [5.74, 6) is -0.100. The van der Waals surface area contributed by atoms with Gasteiger partial charge < -0.3 is 14.5 Å². The largest absolute Gasteiger partial charge is 0.493 e. The number of halogens is 2. The molecule has 0 unspecified atom stereocenters. The highest BCUT2D eigenvalue weighted by molar-refractivity contribution is 5.81. The molecule has 4 aromatic rings. The van der Waals surface area contributed by atoms with Gasteiger partial charge in [-0.2, -0.15) is 5.10 Å². The molecule has 0 saturated heterocycles. The lowest BCUT2D eigenvalue weighted by Gasteiger charge is -2.09. The Morgan fingerprint density at radius 2 is 1.72 bits per heavy atom. The van der Waals surface area contributed by atoms with Crippen LogP contribution in [0.15, 0.2) is 47.4 Å². The molecule has 0 amide bonds. The van der Waals surface area contributed by atoms with Gasteiger partial charge in [-0.05, 0) is 24.3 Å². The van der Waals surface area contributed by atoms with E-state index in [2.05, 4.69) is 15.1 Å². The summed E-state index contributed by atoms with van der Waals surface area (Å²) in [6.07, 6.45) is 1.81. The van der Waals surface area contributed by atoms with Crippen molar-refractivity contribution in [2.24, 2.45) is 0 Å². The molecule has 0 fully saturated rings. The first-order chi connectivity index (χ1) is 14.0. The summed E-state index contributed by atoms with van der Waals surface area (Å²) in [5.41, 5.74) is 0.953. The van der Waals surface area contributed by atoms with Gasteiger partial charge in [-0.3, -0.25) is 4.79 Å². The van der Waals surface area contributed by atoms with E-state index in [9.17, 15) is 13.6 Å². The van der Waals surface area contributed by atoms with E-state index in [-0.39, 0.29) is 17.7 Å². The molecule has 2 aromatic carbocycles. The summed E-state index contributed by atoms with van der Waals surface area (Å²) in [4.78, 5) is 19.6. The monoisotopic (exact) mass is 398 g/mol. The maximum Gasteiger partial charge on any atom is 0.258 e. The number of H-pyrrole nitrogens is 1. The Bertz CT molecular complexity index is 1250. The van der Waals surface area contributed by atoms with E-state index in [4.69, 9.17) is 9.47 Å². The molecule has 0 atom stereocenters.